The maximum atomic E-state index is 4.32. The molecule has 0 bridgehead atoms. The summed E-state index contributed by atoms with van der Waals surface area (Å²) >= 11 is 0. The van der Waals surface area contributed by atoms with E-state index in [1.807, 2.05) is 7.05 Å². The van der Waals surface area contributed by atoms with Crippen LogP contribution in [0, 0.1) is 17.3 Å². The third kappa shape index (κ3) is 3.51. The van der Waals surface area contributed by atoms with E-state index in [9.17, 15) is 0 Å². The molecule has 0 radical (unpaired) electrons. The SMILES string of the molecule is CC(C)CNCC(C)(Cc1nnn(C)n1)C1CC1. The summed E-state index contributed by atoms with van der Waals surface area (Å²) in [4.78, 5) is 1.55. The number of hydrogen-bond donors (Lipinski definition) is 1. The fourth-order valence-corrected chi connectivity index (χ4v) is 2.53. The first-order chi connectivity index (χ1) is 8.49. The Morgan fingerprint density at radius 1 is 1.44 bits per heavy atom. The lowest BCUT2D eigenvalue weighted by Gasteiger charge is -2.29. The second kappa shape index (κ2) is 5.34. The third-order valence-corrected chi connectivity index (χ3v) is 3.76. The Hall–Kier alpha value is -0.970. The van der Waals surface area contributed by atoms with Gasteiger partial charge < -0.3 is 5.32 Å². The average Bonchev–Trinajstić information content (AvgIpc) is 3.04. The maximum absolute atomic E-state index is 4.32. The summed E-state index contributed by atoms with van der Waals surface area (Å²) in [6, 6.07) is 0. The van der Waals surface area contributed by atoms with Crippen LogP contribution in [-0.2, 0) is 13.5 Å². The number of rotatable bonds is 7. The zero-order valence-electron chi connectivity index (χ0n) is 12.0. The van der Waals surface area contributed by atoms with Crippen LogP contribution in [0.25, 0.3) is 0 Å². The molecule has 2 rings (SSSR count). The lowest BCUT2D eigenvalue weighted by Crippen LogP contribution is -2.37. The van der Waals surface area contributed by atoms with Crippen molar-refractivity contribution in [1.82, 2.24) is 25.5 Å². The Morgan fingerprint density at radius 2 is 2.17 bits per heavy atom. The number of nitrogens with zero attached hydrogens (tertiary/aromatic N) is 4. The molecular weight excluding hydrogens is 226 g/mol. The fourth-order valence-electron chi connectivity index (χ4n) is 2.53. The van der Waals surface area contributed by atoms with E-state index in [2.05, 4.69) is 41.5 Å². The molecule has 0 amide bonds. The molecule has 0 saturated heterocycles. The quantitative estimate of drug-likeness (QED) is 0.796. The third-order valence-electron chi connectivity index (χ3n) is 3.76. The van der Waals surface area contributed by atoms with E-state index in [-0.39, 0.29) is 5.41 Å². The van der Waals surface area contributed by atoms with Crippen molar-refractivity contribution in [1.29, 1.82) is 0 Å². The summed E-state index contributed by atoms with van der Waals surface area (Å²) in [5.41, 5.74) is 0.276. The smallest absolute Gasteiger partial charge is 0.175 e. The van der Waals surface area contributed by atoms with Crippen molar-refractivity contribution in [2.75, 3.05) is 13.1 Å². The first kappa shape index (κ1) is 13.5. The van der Waals surface area contributed by atoms with Gasteiger partial charge in [-0.15, -0.1) is 10.2 Å². The minimum Gasteiger partial charge on any atom is -0.316 e. The largest absolute Gasteiger partial charge is 0.316 e. The molecule has 0 aromatic carbocycles. The van der Waals surface area contributed by atoms with E-state index in [1.54, 1.807) is 4.80 Å². The fraction of sp³-hybridized carbons (Fsp3) is 0.923. The predicted molar refractivity (Wildman–Crippen MR) is 71.0 cm³/mol. The minimum atomic E-state index is 0.276. The van der Waals surface area contributed by atoms with Crippen LogP contribution in [-0.4, -0.2) is 33.3 Å². The summed E-state index contributed by atoms with van der Waals surface area (Å²) in [5, 5.41) is 16.0. The van der Waals surface area contributed by atoms with Crippen molar-refractivity contribution in [2.24, 2.45) is 24.3 Å². The monoisotopic (exact) mass is 251 g/mol. The van der Waals surface area contributed by atoms with E-state index >= 15 is 0 Å². The number of aryl methyl sites for hydroxylation is 1. The van der Waals surface area contributed by atoms with Crippen LogP contribution in [0.15, 0.2) is 0 Å². The minimum absolute atomic E-state index is 0.276. The first-order valence-corrected chi connectivity index (χ1v) is 6.93. The molecule has 1 heterocycles. The van der Waals surface area contributed by atoms with E-state index in [4.69, 9.17) is 0 Å². The normalized spacial score (nSPS) is 19.2. The van der Waals surface area contributed by atoms with Crippen LogP contribution in [0.3, 0.4) is 0 Å². The summed E-state index contributed by atoms with van der Waals surface area (Å²) in [6.07, 6.45) is 3.62. The molecule has 1 fully saturated rings. The highest BCUT2D eigenvalue weighted by Crippen LogP contribution is 2.46. The molecule has 5 nitrogen and oxygen atoms in total. The van der Waals surface area contributed by atoms with Gasteiger partial charge in [0.15, 0.2) is 5.82 Å². The first-order valence-electron chi connectivity index (χ1n) is 6.93. The molecule has 1 aromatic rings. The molecule has 1 atom stereocenters. The maximum Gasteiger partial charge on any atom is 0.175 e. The number of hydrogen-bond acceptors (Lipinski definition) is 4. The topological polar surface area (TPSA) is 55.6 Å². The van der Waals surface area contributed by atoms with Crippen molar-refractivity contribution in [3.8, 4) is 0 Å². The van der Waals surface area contributed by atoms with E-state index in [1.165, 1.54) is 12.8 Å². The molecule has 1 saturated carbocycles. The Labute approximate surface area is 109 Å². The summed E-state index contributed by atoms with van der Waals surface area (Å²) in [7, 11) is 1.82. The molecule has 1 aromatic heterocycles. The summed E-state index contributed by atoms with van der Waals surface area (Å²) in [5.74, 6) is 2.39. The van der Waals surface area contributed by atoms with Crippen LogP contribution >= 0.6 is 0 Å². The van der Waals surface area contributed by atoms with E-state index in [0.717, 1.165) is 31.3 Å². The van der Waals surface area contributed by atoms with Gasteiger partial charge in [0, 0.05) is 13.0 Å². The van der Waals surface area contributed by atoms with Crippen molar-refractivity contribution in [3.63, 3.8) is 0 Å². The van der Waals surface area contributed by atoms with Gasteiger partial charge in [-0.25, -0.2) is 0 Å². The number of aromatic nitrogens is 4. The average molecular weight is 251 g/mol. The Kier molecular flexibility index (Phi) is 4.00. The van der Waals surface area contributed by atoms with Gasteiger partial charge in [-0.1, -0.05) is 20.8 Å². The molecule has 0 spiro atoms. The Morgan fingerprint density at radius 3 is 2.67 bits per heavy atom. The molecule has 18 heavy (non-hydrogen) atoms. The molecule has 0 aliphatic heterocycles. The highest BCUT2D eigenvalue weighted by Gasteiger charge is 2.42. The van der Waals surface area contributed by atoms with Gasteiger partial charge >= 0.3 is 0 Å². The molecule has 1 unspecified atom stereocenters. The zero-order valence-corrected chi connectivity index (χ0v) is 12.0. The molecule has 5 heteroatoms. The predicted octanol–water partition coefficient (Wildman–Crippen LogP) is 1.41. The lowest BCUT2D eigenvalue weighted by molar-refractivity contribution is 0.247. The lowest BCUT2D eigenvalue weighted by atomic mass is 9.81. The molecule has 1 aliphatic rings. The Bertz CT molecular complexity index is 382. The van der Waals surface area contributed by atoms with Crippen LogP contribution < -0.4 is 5.32 Å². The second-order valence-electron chi connectivity index (χ2n) is 6.32. The van der Waals surface area contributed by atoms with Crippen LogP contribution in [0.4, 0.5) is 0 Å². The van der Waals surface area contributed by atoms with Crippen molar-refractivity contribution in [3.05, 3.63) is 5.82 Å². The summed E-state index contributed by atoms with van der Waals surface area (Å²) < 4.78 is 0. The van der Waals surface area contributed by atoms with Gasteiger partial charge in [0.25, 0.3) is 0 Å². The van der Waals surface area contributed by atoms with Crippen molar-refractivity contribution in [2.45, 2.75) is 40.0 Å². The van der Waals surface area contributed by atoms with E-state index in [0.29, 0.717) is 5.92 Å². The van der Waals surface area contributed by atoms with Crippen molar-refractivity contribution < 1.29 is 0 Å². The van der Waals surface area contributed by atoms with Gasteiger partial charge in [0.05, 0.1) is 7.05 Å². The summed E-state index contributed by atoms with van der Waals surface area (Å²) in [6.45, 7) is 8.97. The van der Waals surface area contributed by atoms with Gasteiger partial charge in [0.2, 0.25) is 0 Å². The second-order valence-corrected chi connectivity index (χ2v) is 6.32. The highest BCUT2D eigenvalue weighted by atomic mass is 15.6. The standard InChI is InChI=1S/C13H25N5/c1-10(2)8-14-9-13(3,11-5-6-11)7-12-15-17-18(4)16-12/h10-11,14H,5-9H2,1-4H3. The van der Waals surface area contributed by atoms with Gasteiger partial charge in [-0.2, -0.15) is 4.80 Å². The van der Waals surface area contributed by atoms with Crippen LogP contribution in [0.2, 0.25) is 0 Å². The van der Waals surface area contributed by atoms with Gasteiger partial charge in [-0.05, 0) is 41.9 Å². The van der Waals surface area contributed by atoms with Crippen molar-refractivity contribution >= 4 is 0 Å². The van der Waals surface area contributed by atoms with Crippen LogP contribution in [0.5, 0.6) is 0 Å². The molecule has 102 valence electrons. The molecule has 1 aliphatic carbocycles. The van der Waals surface area contributed by atoms with Crippen LogP contribution in [0.1, 0.15) is 39.4 Å². The number of nitrogens with one attached hydrogen (secondary N) is 1. The van der Waals surface area contributed by atoms with E-state index < -0.39 is 0 Å². The molecule has 1 N–H and O–H groups in total. The molecular formula is C13H25N5. The highest BCUT2D eigenvalue weighted by molar-refractivity contribution is 4.98. The zero-order chi connectivity index (χ0) is 13.2. The van der Waals surface area contributed by atoms with Gasteiger partial charge in [-0.3, -0.25) is 0 Å². The number of tetrazole rings is 1. The van der Waals surface area contributed by atoms with Gasteiger partial charge in [0.1, 0.15) is 0 Å². The Balaban J connectivity index is 1.93.